The maximum atomic E-state index is 13.1. The van der Waals surface area contributed by atoms with Crippen molar-refractivity contribution >= 4 is 17.5 Å². The molecule has 0 atom stereocenters. The van der Waals surface area contributed by atoms with Crippen molar-refractivity contribution < 1.29 is 14.3 Å². The lowest BCUT2D eigenvalue weighted by molar-refractivity contribution is 0.0710. The number of aromatic amines is 1. The van der Waals surface area contributed by atoms with Gasteiger partial charge < -0.3 is 14.4 Å². The number of hydrogen-bond donors (Lipinski definition) is 1. The van der Waals surface area contributed by atoms with Crippen LogP contribution in [0.2, 0.25) is 5.02 Å². The molecule has 0 radical (unpaired) electrons. The van der Waals surface area contributed by atoms with Gasteiger partial charge in [-0.05, 0) is 50.2 Å². The number of H-pyrrole nitrogens is 1. The Hall–Kier alpha value is -2.28. The minimum Gasteiger partial charge on any atom is -0.493 e. The molecule has 4 rings (SSSR count). The van der Waals surface area contributed by atoms with E-state index < -0.39 is 0 Å². The number of hydrogen-bond acceptors (Lipinski definition) is 5. The van der Waals surface area contributed by atoms with E-state index in [1.807, 2.05) is 4.90 Å². The van der Waals surface area contributed by atoms with Crippen molar-refractivity contribution in [2.45, 2.75) is 57.8 Å². The highest BCUT2D eigenvalue weighted by Crippen LogP contribution is 2.39. The number of piperidine rings is 1. The monoisotopic (exact) mass is 446 g/mol. The minimum atomic E-state index is -0.0383. The van der Waals surface area contributed by atoms with Crippen LogP contribution in [-0.2, 0) is 0 Å². The summed E-state index contributed by atoms with van der Waals surface area (Å²) >= 11 is 6.45. The van der Waals surface area contributed by atoms with E-state index in [9.17, 15) is 4.79 Å². The summed E-state index contributed by atoms with van der Waals surface area (Å²) in [5, 5.41) is 7.88. The maximum Gasteiger partial charge on any atom is 0.254 e. The topological polar surface area (TPSA) is 80.3 Å². The number of rotatable bonds is 8. The fourth-order valence-electron chi connectivity index (χ4n) is 3.91. The van der Waals surface area contributed by atoms with Crippen molar-refractivity contribution in [1.29, 1.82) is 0 Å². The number of likely N-dealkylation sites (tertiary alicyclic amines) is 1. The van der Waals surface area contributed by atoms with Crippen LogP contribution < -0.4 is 9.47 Å². The molecule has 2 aliphatic rings. The lowest BCUT2D eigenvalue weighted by Crippen LogP contribution is -2.38. The summed E-state index contributed by atoms with van der Waals surface area (Å²) in [6, 6.07) is 3.41. The van der Waals surface area contributed by atoms with Crippen molar-refractivity contribution in [3.8, 4) is 11.5 Å². The Kier molecular flexibility index (Phi) is 6.70. The zero-order chi connectivity index (χ0) is 22.0. The minimum absolute atomic E-state index is 0.0383. The van der Waals surface area contributed by atoms with E-state index in [-0.39, 0.29) is 5.91 Å². The third-order valence-electron chi connectivity index (χ3n) is 6.05. The van der Waals surface area contributed by atoms with Crippen LogP contribution in [0.5, 0.6) is 11.5 Å². The van der Waals surface area contributed by atoms with Gasteiger partial charge in [0.15, 0.2) is 17.3 Å². The van der Waals surface area contributed by atoms with Gasteiger partial charge in [0, 0.05) is 30.5 Å². The largest absolute Gasteiger partial charge is 0.493 e. The molecule has 1 aromatic carbocycles. The SMILES string of the molecule is COc1cc(C(=O)N2CCC(c3nc(C4CC4)n[nH]3)CC2)cc(Cl)c1OCCC(C)C. The van der Waals surface area contributed by atoms with Crippen LogP contribution in [0.15, 0.2) is 12.1 Å². The number of methoxy groups -OCH3 is 1. The molecule has 1 aliphatic carbocycles. The van der Waals surface area contributed by atoms with Gasteiger partial charge in [-0.2, -0.15) is 5.10 Å². The average molecular weight is 447 g/mol. The van der Waals surface area contributed by atoms with Crippen molar-refractivity contribution in [3.05, 3.63) is 34.4 Å². The highest BCUT2D eigenvalue weighted by Gasteiger charge is 2.31. The molecule has 1 aromatic heterocycles. The van der Waals surface area contributed by atoms with Crippen LogP contribution in [0.1, 0.15) is 79.8 Å². The maximum absolute atomic E-state index is 13.1. The molecule has 2 fully saturated rings. The molecule has 0 unspecified atom stereocenters. The van der Waals surface area contributed by atoms with E-state index in [1.165, 1.54) is 12.8 Å². The number of nitrogens with zero attached hydrogens (tertiary/aromatic N) is 3. The zero-order valence-electron chi connectivity index (χ0n) is 18.5. The third kappa shape index (κ3) is 5.14. The Labute approximate surface area is 188 Å². The van der Waals surface area contributed by atoms with Gasteiger partial charge in [-0.25, -0.2) is 4.98 Å². The van der Waals surface area contributed by atoms with Crippen LogP contribution in [-0.4, -0.2) is 52.8 Å². The molecule has 8 heteroatoms. The molecule has 1 N–H and O–H groups in total. The van der Waals surface area contributed by atoms with Crippen molar-refractivity contribution in [2.75, 3.05) is 26.8 Å². The molecule has 0 bridgehead atoms. The van der Waals surface area contributed by atoms with Gasteiger partial charge in [0.1, 0.15) is 5.82 Å². The van der Waals surface area contributed by atoms with E-state index in [4.69, 9.17) is 21.1 Å². The second kappa shape index (κ2) is 9.47. The normalized spacial score (nSPS) is 17.3. The van der Waals surface area contributed by atoms with Gasteiger partial charge in [0.05, 0.1) is 18.7 Å². The van der Waals surface area contributed by atoms with Gasteiger partial charge in [-0.3, -0.25) is 9.89 Å². The van der Waals surface area contributed by atoms with Gasteiger partial charge in [0.2, 0.25) is 0 Å². The molecule has 1 amide bonds. The molecule has 168 valence electrons. The first-order valence-corrected chi connectivity index (χ1v) is 11.6. The number of carbonyl (C=O) groups is 1. The Morgan fingerprint density at radius 3 is 2.61 bits per heavy atom. The van der Waals surface area contributed by atoms with E-state index in [1.54, 1.807) is 19.2 Å². The number of aromatic nitrogens is 3. The van der Waals surface area contributed by atoms with Gasteiger partial charge in [-0.1, -0.05) is 25.4 Å². The van der Waals surface area contributed by atoms with E-state index >= 15 is 0 Å². The number of carbonyl (C=O) groups excluding carboxylic acids is 1. The fourth-order valence-corrected chi connectivity index (χ4v) is 4.18. The lowest BCUT2D eigenvalue weighted by Gasteiger charge is -2.31. The Morgan fingerprint density at radius 2 is 1.97 bits per heavy atom. The zero-order valence-corrected chi connectivity index (χ0v) is 19.2. The number of ether oxygens (including phenoxy) is 2. The van der Waals surface area contributed by atoms with Crippen LogP contribution >= 0.6 is 11.6 Å². The molecule has 1 saturated heterocycles. The summed E-state index contributed by atoms with van der Waals surface area (Å²) in [5.74, 6) is 4.25. The summed E-state index contributed by atoms with van der Waals surface area (Å²) in [6.07, 6.45) is 5.04. The molecule has 0 spiro atoms. The quantitative estimate of drug-likeness (QED) is 0.630. The van der Waals surface area contributed by atoms with Crippen LogP contribution in [0.3, 0.4) is 0 Å². The van der Waals surface area contributed by atoms with E-state index in [2.05, 4.69) is 29.0 Å². The third-order valence-corrected chi connectivity index (χ3v) is 6.33. The Morgan fingerprint density at radius 1 is 1.23 bits per heavy atom. The first kappa shape index (κ1) is 21.9. The average Bonchev–Trinajstić information content (AvgIpc) is 3.50. The molecular formula is C23H31ClN4O3. The summed E-state index contributed by atoms with van der Waals surface area (Å²) in [7, 11) is 1.56. The van der Waals surface area contributed by atoms with Crippen molar-refractivity contribution in [1.82, 2.24) is 20.1 Å². The summed E-state index contributed by atoms with van der Waals surface area (Å²) in [4.78, 5) is 19.7. The molecule has 2 aromatic rings. The van der Waals surface area contributed by atoms with Crippen molar-refractivity contribution in [3.63, 3.8) is 0 Å². The number of halogens is 1. The number of benzene rings is 1. The van der Waals surface area contributed by atoms with E-state index in [0.717, 1.165) is 30.9 Å². The molecule has 7 nitrogen and oxygen atoms in total. The molecular weight excluding hydrogens is 416 g/mol. The summed E-state index contributed by atoms with van der Waals surface area (Å²) in [6.45, 7) is 6.19. The summed E-state index contributed by atoms with van der Waals surface area (Å²) in [5.41, 5.74) is 0.521. The molecule has 1 aliphatic heterocycles. The highest BCUT2D eigenvalue weighted by atomic mass is 35.5. The number of amides is 1. The standard InChI is InChI=1S/C23H31ClN4O3/c1-14(2)8-11-31-20-18(24)12-17(13-19(20)30-3)23(29)28-9-6-16(7-10-28)22-25-21(26-27-22)15-4-5-15/h12-16H,4-11H2,1-3H3,(H,25,26,27). The van der Waals surface area contributed by atoms with Gasteiger partial charge in [-0.15, -0.1) is 0 Å². The second-order valence-corrected chi connectivity index (χ2v) is 9.35. The van der Waals surface area contributed by atoms with Gasteiger partial charge >= 0.3 is 0 Å². The van der Waals surface area contributed by atoms with Crippen LogP contribution in [0.25, 0.3) is 0 Å². The second-order valence-electron chi connectivity index (χ2n) is 8.94. The van der Waals surface area contributed by atoms with Crippen LogP contribution in [0, 0.1) is 5.92 Å². The Bertz CT molecular complexity index is 918. The van der Waals surface area contributed by atoms with Crippen LogP contribution in [0.4, 0.5) is 0 Å². The lowest BCUT2D eigenvalue weighted by atomic mass is 9.95. The Balaban J connectivity index is 1.39. The van der Waals surface area contributed by atoms with Crippen molar-refractivity contribution in [2.24, 2.45) is 5.92 Å². The summed E-state index contributed by atoms with van der Waals surface area (Å²) < 4.78 is 11.3. The highest BCUT2D eigenvalue weighted by molar-refractivity contribution is 6.32. The fraction of sp³-hybridized carbons (Fsp3) is 0.609. The molecule has 31 heavy (non-hydrogen) atoms. The first-order valence-electron chi connectivity index (χ1n) is 11.2. The van der Waals surface area contributed by atoms with Gasteiger partial charge in [0.25, 0.3) is 5.91 Å². The van der Waals surface area contributed by atoms with E-state index in [0.29, 0.717) is 59.5 Å². The number of nitrogens with one attached hydrogen (secondary N) is 1. The first-order chi connectivity index (χ1) is 15.0. The molecule has 1 saturated carbocycles. The smallest absolute Gasteiger partial charge is 0.254 e. The molecule has 2 heterocycles. The predicted molar refractivity (Wildman–Crippen MR) is 119 cm³/mol. The predicted octanol–water partition coefficient (Wildman–Crippen LogP) is 4.79.